The normalized spacial score (nSPS) is 25.4. The Labute approximate surface area is 109 Å². The van der Waals surface area contributed by atoms with Gasteiger partial charge in [0.05, 0.1) is 0 Å². The van der Waals surface area contributed by atoms with Gasteiger partial charge in [-0.05, 0) is 37.2 Å². The van der Waals surface area contributed by atoms with Gasteiger partial charge >= 0.3 is 0 Å². The molecule has 0 unspecified atom stereocenters. The first kappa shape index (κ1) is 13.1. The highest BCUT2D eigenvalue weighted by Crippen LogP contribution is 2.23. The smallest absolute Gasteiger partial charge is 0.241 e. The maximum atomic E-state index is 12.1. The molecule has 0 bridgehead atoms. The zero-order chi connectivity index (χ0) is 13.0. The van der Waals surface area contributed by atoms with Crippen LogP contribution in [0.4, 0.5) is 0 Å². The summed E-state index contributed by atoms with van der Waals surface area (Å²) in [5.41, 5.74) is 6.85. The summed E-state index contributed by atoms with van der Waals surface area (Å²) in [5, 5.41) is 3.07. The van der Waals surface area contributed by atoms with E-state index in [1.807, 2.05) is 30.3 Å². The second-order valence-corrected chi connectivity index (χ2v) is 5.35. The summed E-state index contributed by atoms with van der Waals surface area (Å²) < 4.78 is 0. The molecule has 0 saturated heterocycles. The van der Waals surface area contributed by atoms with E-state index in [1.165, 1.54) is 12.8 Å². The van der Waals surface area contributed by atoms with Gasteiger partial charge in [0.25, 0.3) is 0 Å². The monoisotopic (exact) mass is 246 g/mol. The summed E-state index contributed by atoms with van der Waals surface area (Å²) in [5.74, 6) is 0.738. The molecule has 3 nitrogen and oxygen atoms in total. The molecule has 1 aromatic rings. The molecule has 0 radical (unpaired) electrons. The van der Waals surface area contributed by atoms with Crippen LogP contribution in [0.2, 0.25) is 0 Å². The number of amides is 1. The van der Waals surface area contributed by atoms with Crippen molar-refractivity contribution in [2.24, 2.45) is 11.7 Å². The van der Waals surface area contributed by atoms with Gasteiger partial charge in [-0.15, -0.1) is 0 Å². The predicted octanol–water partition coefficient (Wildman–Crippen LogP) is 2.38. The minimum Gasteiger partial charge on any atom is -0.352 e. The van der Waals surface area contributed by atoms with Crippen LogP contribution < -0.4 is 11.1 Å². The minimum atomic E-state index is -0.550. The van der Waals surface area contributed by atoms with Gasteiger partial charge < -0.3 is 11.1 Å². The zero-order valence-corrected chi connectivity index (χ0v) is 10.9. The Balaban J connectivity index is 1.88. The molecular weight excluding hydrogens is 224 g/mol. The number of nitrogens with one attached hydrogen (secondary N) is 1. The Bertz CT molecular complexity index is 383. The molecule has 2 rings (SSSR count). The van der Waals surface area contributed by atoms with E-state index in [1.54, 1.807) is 0 Å². The van der Waals surface area contributed by atoms with Crippen LogP contribution in [0.15, 0.2) is 30.3 Å². The third-order valence-electron chi connectivity index (χ3n) is 3.80. The highest BCUT2D eigenvalue weighted by atomic mass is 16.2. The second-order valence-electron chi connectivity index (χ2n) is 5.35. The van der Waals surface area contributed by atoms with Crippen molar-refractivity contribution in [2.45, 2.75) is 44.7 Å². The van der Waals surface area contributed by atoms with Gasteiger partial charge in [-0.25, -0.2) is 0 Å². The van der Waals surface area contributed by atoms with Crippen molar-refractivity contribution in [3.8, 4) is 0 Å². The van der Waals surface area contributed by atoms with Crippen LogP contribution in [0, 0.1) is 5.92 Å². The number of carbonyl (C=O) groups excluding carboxylic acids is 1. The molecule has 0 heterocycles. The second kappa shape index (κ2) is 6.01. The van der Waals surface area contributed by atoms with E-state index in [4.69, 9.17) is 5.73 Å². The lowest BCUT2D eigenvalue weighted by Crippen LogP contribution is -2.42. The van der Waals surface area contributed by atoms with Gasteiger partial charge in [0.1, 0.15) is 6.04 Å². The van der Waals surface area contributed by atoms with Crippen molar-refractivity contribution in [1.82, 2.24) is 5.32 Å². The molecule has 1 atom stereocenters. The Kier molecular flexibility index (Phi) is 4.37. The Morgan fingerprint density at radius 3 is 2.44 bits per heavy atom. The summed E-state index contributed by atoms with van der Waals surface area (Å²) in [6.07, 6.45) is 4.56. The maximum Gasteiger partial charge on any atom is 0.241 e. The molecule has 1 aliphatic carbocycles. The van der Waals surface area contributed by atoms with Gasteiger partial charge in [-0.1, -0.05) is 37.3 Å². The Hall–Kier alpha value is -1.35. The predicted molar refractivity (Wildman–Crippen MR) is 72.9 cm³/mol. The molecular formula is C15H22N2O. The van der Waals surface area contributed by atoms with Gasteiger partial charge in [0.15, 0.2) is 0 Å². The fourth-order valence-electron chi connectivity index (χ4n) is 2.51. The van der Waals surface area contributed by atoms with E-state index in [-0.39, 0.29) is 5.91 Å². The van der Waals surface area contributed by atoms with Crippen molar-refractivity contribution in [3.05, 3.63) is 35.9 Å². The molecule has 1 saturated carbocycles. The first-order valence-electron chi connectivity index (χ1n) is 6.77. The minimum absolute atomic E-state index is 0.0549. The first-order valence-corrected chi connectivity index (χ1v) is 6.77. The number of hydrogen-bond donors (Lipinski definition) is 2. The third-order valence-corrected chi connectivity index (χ3v) is 3.80. The van der Waals surface area contributed by atoms with Gasteiger partial charge in [-0.3, -0.25) is 4.79 Å². The summed E-state index contributed by atoms with van der Waals surface area (Å²) in [6, 6.07) is 9.29. The number of benzene rings is 1. The molecule has 0 aromatic heterocycles. The lowest BCUT2D eigenvalue weighted by atomic mass is 9.87. The average molecular weight is 246 g/mol. The van der Waals surface area contributed by atoms with E-state index in [9.17, 15) is 4.79 Å². The molecule has 0 spiro atoms. The van der Waals surface area contributed by atoms with E-state index in [0.29, 0.717) is 6.04 Å². The molecule has 98 valence electrons. The van der Waals surface area contributed by atoms with Crippen molar-refractivity contribution in [1.29, 1.82) is 0 Å². The highest BCUT2D eigenvalue weighted by molar-refractivity contribution is 5.83. The summed E-state index contributed by atoms with van der Waals surface area (Å²) in [6.45, 7) is 2.27. The molecule has 1 amide bonds. The lowest BCUT2D eigenvalue weighted by Gasteiger charge is -2.28. The standard InChI is InChI=1S/C15H22N2O/c1-11-7-9-13(10-8-11)17-15(18)14(16)12-5-3-2-4-6-12/h2-6,11,13-14H,7-10,16H2,1H3,(H,17,18)/t11?,13?,14-/m0/s1. The van der Waals surface area contributed by atoms with Crippen LogP contribution in [0.3, 0.4) is 0 Å². The van der Waals surface area contributed by atoms with E-state index in [0.717, 1.165) is 24.3 Å². The van der Waals surface area contributed by atoms with Crippen LogP contribution in [-0.2, 0) is 4.79 Å². The van der Waals surface area contributed by atoms with Crippen LogP contribution >= 0.6 is 0 Å². The SMILES string of the molecule is CC1CCC(NC(=O)[C@@H](N)c2ccccc2)CC1. The van der Waals surface area contributed by atoms with Crippen LogP contribution in [0.5, 0.6) is 0 Å². The van der Waals surface area contributed by atoms with Crippen molar-refractivity contribution in [3.63, 3.8) is 0 Å². The quantitative estimate of drug-likeness (QED) is 0.860. The van der Waals surface area contributed by atoms with Gasteiger partial charge in [-0.2, -0.15) is 0 Å². The lowest BCUT2D eigenvalue weighted by molar-refractivity contribution is -0.123. The number of carbonyl (C=O) groups is 1. The topological polar surface area (TPSA) is 55.1 Å². The van der Waals surface area contributed by atoms with Crippen LogP contribution in [0.25, 0.3) is 0 Å². The first-order chi connectivity index (χ1) is 8.66. The number of rotatable bonds is 3. The summed E-state index contributed by atoms with van der Waals surface area (Å²) in [4.78, 5) is 12.1. The van der Waals surface area contributed by atoms with Crippen LogP contribution in [0.1, 0.15) is 44.2 Å². The summed E-state index contributed by atoms with van der Waals surface area (Å²) >= 11 is 0. The molecule has 3 N–H and O–H groups in total. The molecule has 1 aliphatic rings. The van der Waals surface area contributed by atoms with E-state index in [2.05, 4.69) is 12.2 Å². The third kappa shape index (κ3) is 3.33. The fraction of sp³-hybridized carbons (Fsp3) is 0.533. The molecule has 0 aliphatic heterocycles. The number of nitrogens with two attached hydrogens (primary N) is 1. The van der Waals surface area contributed by atoms with E-state index < -0.39 is 6.04 Å². The number of hydrogen-bond acceptors (Lipinski definition) is 2. The molecule has 3 heteroatoms. The van der Waals surface area contributed by atoms with Crippen molar-refractivity contribution in [2.75, 3.05) is 0 Å². The average Bonchev–Trinajstić information content (AvgIpc) is 2.41. The highest BCUT2D eigenvalue weighted by Gasteiger charge is 2.22. The van der Waals surface area contributed by atoms with Crippen molar-refractivity contribution >= 4 is 5.91 Å². The Morgan fingerprint density at radius 1 is 1.22 bits per heavy atom. The van der Waals surface area contributed by atoms with Crippen LogP contribution in [-0.4, -0.2) is 11.9 Å². The molecule has 1 fully saturated rings. The maximum absolute atomic E-state index is 12.1. The zero-order valence-electron chi connectivity index (χ0n) is 10.9. The van der Waals surface area contributed by atoms with Gasteiger partial charge in [0.2, 0.25) is 5.91 Å². The molecule has 18 heavy (non-hydrogen) atoms. The van der Waals surface area contributed by atoms with Gasteiger partial charge in [0, 0.05) is 6.04 Å². The van der Waals surface area contributed by atoms with E-state index >= 15 is 0 Å². The Morgan fingerprint density at radius 2 is 1.83 bits per heavy atom. The molecule has 1 aromatic carbocycles. The van der Waals surface area contributed by atoms with Crippen molar-refractivity contribution < 1.29 is 4.79 Å². The fourth-order valence-corrected chi connectivity index (χ4v) is 2.51. The largest absolute Gasteiger partial charge is 0.352 e. The summed E-state index contributed by atoms with van der Waals surface area (Å²) in [7, 11) is 0.